The maximum Gasteiger partial charge on any atom is 0.335 e. The molecule has 0 amide bonds. The van der Waals surface area contributed by atoms with Gasteiger partial charge in [-0.2, -0.15) is 0 Å². The predicted molar refractivity (Wildman–Crippen MR) is 71.1 cm³/mol. The first-order valence-electron chi connectivity index (χ1n) is 5.44. The molecule has 6 nitrogen and oxygen atoms in total. The van der Waals surface area contributed by atoms with Crippen LogP contribution in [0, 0.1) is 0 Å². The van der Waals surface area contributed by atoms with E-state index in [-0.39, 0.29) is 22.0 Å². The van der Waals surface area contributed by atoms with Gasteiger partial charge in [0.15, 0.2) is 0 Å². The Hall–Kier alpha value is -1.83. The number of hydrogen-bond donors (Lipinski definition) is 2. The number of rotatable bonds is 5. The molecule has 0 atom stereocenters. The molecule has 0 unspecified atom stereocenters. The lowest BCUT2D eigenvalue weighted by molar-refractivity contribution is 0.0696. The minimum atomic E-state index is -3.91. The highest BCUT2D eigenvalue weighted by molar-refractivity contribution is 7.89. The van der Waals surface area contributed by atoms with Crippen molar-refractivity contribution in [3.63, 3.8) is 0 Å². The van der Waals surface area contributed by atoms with E-state index in [0.29, 0.717) is 5.56 Å². The van der Waals surface area contributed by atoms with E-state index in [9.17, 15) is 13.2 Å². The Bertz CT molecular complexity index is 724. The Morgan fingerprint density at radius 2 is 2.10 bits per heavy atom. The lowest BCUT2D eigenvalue weighted by atomic mass is 10.2. The van der Waals surface area contributed by atoms with Crippen LogP contribution in [-0.2, 0) is 16.6 Å². The second-order valence-electron chi connectivity index (χ2n) is 3.91. The fourth-order valence-corrected chi connectivity index (χ4v) is 3.03. The van der Waals surface area contributed by atoms with Crippen LogP contribution in [0.4, 0.5) is 0 Å². The maximum absolute atomic E-state index is 12.1. The van der Waals surface area contributed by atoms with Gasteiger partial charge in [-0.05, 0) is 24.3 Å². The highest BCUT2D eigenvalue weighted by Gasteiger charge is 2.20. The van der Waals surface area contributed by atoms with Crippen molar-refractivity contribution in [2.75, 3.05) is 0 Å². The maximum atomic E-state index is 12.1. The van der Waals surface area contributed by atoms with E-state index in [1.54, 1.807) is 6.07 Å². The molecule has 2 aromatic rings. The standard InChI is InChI=1S/C12H10ClNO5S/c13-10-2-1-9(12(15)16)5-11(10)20(17,18)14-6-8-3-4-19-7-8/h1-5,7,14H,6H2,(H,15,16). The third kappa shape index (κ3) is 3.19. The van der Waals surface area contributed by atoms with Crippen molar-refractivity contribution in [1.82, 2.24) is 4.72 Å². The first-order valence-corrected chi connectivity index (χ1v) is 7.30. The van der Waals surface area contributed by atoms with Crippen LogP contribution >= 0.6 is 11.6 Å². The summed E-state index contributed by atoms with van der Waals surface area (Å²) >= 11 is 5.82. The van der Waals surface area contributed by atoms with Crippen LogP contribution in [0.25, 0.3) is 0 Å². The summed E-state index contributed by atoms with van der Waals surface area (Å²) in [7, 11) is -3.91. The molecule has 8 heteroatoms. The highest BCUT2D eigenvalue weighted by atomic mass is 35.5. The lowest BCUT2D eigenvalue weighted by Gasteiger charge is -2.08. The van der Waals surface area contributed by atoms with Crippen LogP contribution < -0.4 is 4.72 Å². The van der Waals surface area contributed by atoms with E-state index in [1.165, 1.54) is 24.7 Å². The number of furan rings is 1. The van der Waals surface area contributed by atoms with Gasteiger partial charge < -0.3 is 9.52 Å². The normalized spacial score (nSPS) is 11.4. The monoisotopic (exact) mass is 315 g/mol. The van der Waals surface area contributed by atoms with E-state index >= 15 is 0 Å². The van der Waals surface area contributed by atoms with Gasteiger partial charge in [0.1, 0.15) is 4.90 Å². The Morgan fingerprint density at radius 1 is 1.35 bits per heavy atom. The van der Waals surface area contributed by atoms with Gasteiger partial charge in [0, 0.05) is 12.1 Å². The van der Waals surface area contributed by atoms with Crippen molar-refractivity contribution in [3.8, 4) is 0 Å². The minimum Gasteiger partial charge on any atom is -0.478 e. The second kappa shape index (κ2) is 5.66. The second-order valence-corrected chi connectivity index (χ2v) is 6.05. The smallest absolute Gasteiger partial charge is 0.335 e. The van der Waals surface area contributed by atoms with Crippen molar-refractivity contribution in [2.24, 2.45) is 0 Å². The Kier molecular flexibility index (Phi) is 4.12. The molecule has 0 radical (unpaired) electrons. The molecule has 0 bridgehead atoms. The summed E-state index contributed by atoms with van der Waals surface area (Å²) in [4.78, 5) is 10.6. The van der Waals surface area contributed by atoms with Gasteiger partial charge in [-0.3, -0.25) is 0 Å². The number of sulfonamides is 1. The molecule has 0 aliphatic carbocycles. The number of carboxylic acid groups (broad SMARTS) is 1. The molecule has 0 aliphatic rings. The molecule has 1 aromatic heterocycles. The van der Waals surface area contributed by atoms with E-state index in [4.69, 9.17) is 21.1 Å². The summed E-state index contributed by atoms with van der Waals surface area (Å²) < 4.78 is 31.3. The summed E-state index contributed by atoms with van der Waals surface area (Å²) in [5.74, 6) is -1.23. The summed E-state index contributed by atoms with van der Waals surface area (Å²) in [5, 5.41) is 8.83. The molecule has 106 valence electrons. The van der Waals surface area contributed by atoms with Crippen LogP contribution in [-0.4, -0.2) is 19.5 Å². The van der Waals surface area contributed by atoms with Gasteiger partial charge >= 0.3 is 5.97 Å². The highest BCUT2D eigenvalue weighted by Crippen LogP contribution is 2.23. The minimum absolute atomic E-state index is 0.0203. The molecule has 2 rings (SSSR count). The average Bonchev–Trinajstić information content (AvgIpc) is 2.89. The Morgan fingerprint density at radius 3 is 2.70 bits per heavy atom. The number of nitrogens with one attached hydrogen (secondary N) is 1. The molecular weight excluding hydrogens is 306 g/mol. The zero-order chi connectivity index (χ0) is 14.8. The van der Waals surface area contributed by atoms with Crippen LogP contribution in [0.2, 0.25) is 5.02 Å². The van der Waals surface area contributed by atoms with Gasteiger partial charge in [-0.25, -0.2) is 17.9 Å². The fraction of sp³-hybridized carbons (Fsp3) is 0.0833. The van der Waals surface area contributed by atoms with Crippen LogP contribution in [0.1, 0.15) is 15.9 Å². The zero-order valence-corrected chi connectivity index (χ0v) is 11.6. The molecule has 0 saturated carbocycles. The van der Waals surface area contributed by atoms with Gasteiger partial charge in [0.2, 0.25) is 10.0 Å². The van der Waals surface area contributed by atoms with Gasteiger partial charge in [-0.15, -0.1) is 0 Å². The average molecular weight is 316 g/mol. The molecule has 0 spiro atoms. The number of carbonyl (C=O) groups is 1. The van der Waals surface area contributed by atoms with E-state index in [1.807, 2.05) is 0 Å². The van der Waals surface area contributed by atoms with Crippen molar-refractivity contribution < 1.29 is 22.7 Å². The lowest BCUT2D eigenvalue weighted by Crippen LogP contribution is -2.23. The first kappa shape index (κ1) is 14.6. The Balaban J connectivity index is 2.28. The molecule has 0 saturated heterocycles. The van der Waals surface area contributed by atoms with Gasteiger partial charge in [0.25, 0.3) is 0 Å². The molecule has 20 heavy (non-hydrogen) atoms. The van der Waals surface area contributed by atoms with E-state index < -0.39 is 16.0 Å². The third-order valence-corrected chi connectivity index (χ3v) is 4.40. The van der Waals surface area contributed by atoms with Crippen molar-refractivity contribution in [3.05, 3.63) is 52.9 Å². The Labute approximate surface area is 120 Å². The molecule has 1 heterocycles. The topological polar surface area (TPSA) is 96.6 Å². The SMILES string of the molecule is O=C(O)c1ccc(Cl)c(S(=O)(=O)NCc2ccoc2)c1. The van der Waals surface area contributed by atoms with E-state index in [0.717, 1.165) is 6.07 Å². The summed E-state index contributed by atoms with van der Waals surface area (Å²) in [6, 6.07) is 5.09. The first-order chi connectivity index (χ1) is 9.40. The quantitative estimate of drug-likeness (QED) is 0.880. The van der Waals surface area contributed by atoms with Crippen molar-refractivity contribution in [1.29, 1.82) is 0 Å². The number of hydrogen-bond acceptors (Lipinski definition) is 4. The molecule has 1 aromatic carbocycles. The number of carboxylic acids is 1. The summed E-state index contributed by atoms with van der Waals surface area (Å²) in [6.45, 7) is 0.0203. The van der Waals surface area contributed by atoms with Crippen molar-refractivity contribution in [2.45, 2.75) is 11.4 Å². The number of halogens is 1. The fourth-order valence-electron chi connectivity index (χ4n) is 1.49. The number of aromatic carboxylic acids is 1. The predicted octanol–water partition coefficient (Wildman–Crippen LogP) is 2.11. The molecule has 2 N–H and O–H groups in total. The molecule has 0 aliphatic heterocycles. The van der Waals surface area contributed by atoms with Crippen LogP contribution in [0.3, 0.4) is 0 Å². The number of benzene rings is 1. The van der Waals surface area contributed by atoms with E-state index in [2.05, 4.69) is 4.72 Å². The van der Waals surface area contributed by atoms with Crippen LogP contribution in [0.5, 0.6) is 0 Å². The van der Waals surface area contributed by atoms with Gasteiger partial charge in [-0.1, -0.05) is 11.6 Å². The summed E-state index contributed by atoms with van der Waals surface area (Å²) in [6.07, 6.45) is 2.82. The van der Waals surface area contributed by atoms with Crippen LogP contribution in [0.15, 0.2) is 46.1 Å². The summed E-state index contributed by atoms with van der Waals surface area (Å²) in [5.41, 5.74) is 0.483. The molecular formula is C12H10ClNO5S. The third-order valence-electron chi connectivity index (χ3n) is 2.51. The van der Waals surface area contributed by atoms with Gasteiger partial charge in [0.05, 0.1) is 23.1 Å². The zero-order valence-electron chi connectivity index (χ0n) is 10.0. The van der Waals surface area contributed by atoms with Crippen molar-refractivity contribution >= 4 is 27.6 Å². The largest absolute Gasteiger partial charge is 0.478 e. The molecule has 0 fully saturated rings.